The molecule has 0 saturated carbocycles. The maximum Gasteiger partial charge on any atom is 0.245 e. The number of para-hydroxylation sites is 2. The van der Waals surface area contributed by atoms with Crippen LogP contribution in [0.4, 0.5) is 5.69 Å². The number of rotatable bonds is 6. The molecule has 41 heavy (non-hydrogen) atoms. The molecular weight excluding hydrogens is 564 g/mol. The summed E-state index contributed by atoms with van der Waals surface area (Å²) >= 11 is 0. The molecule has 5 rings (SSSR count). The molecule has 0 aliphatic carbocycles. The lowest BCUT2D eigenvalue weighted by Gasteiger charge is -2.41. The molecule has 9 nitrogen and oxygen atoms in total. The Morgan fingerprint density at radius 1 is 1.10 bits per heavy atom. The van der Waals surface area contributed by atoms with Crippen molar-refractivity contribution in [3.8, 4) is 5.75 Å². The molecule has 2 aromatic rings. The largest absolute Gasteiger partial charge is 0.493 e. The third-order valence-electron chi connectivity index (χ3n) is 8.24. The van der Waals surface area contributed by atoms with E-state index in [0.29, 0.717) is 51.9 Å². The first-order valence-electron chi connectivity index (χ1n) is 13.7. The van der Waals surface area contributed by atoms with E-state index >= 15 is 0 Å². The van der Waals surface area contributed by atoms with Crippen LogP contribution in [-0.2, 0) is 25.0 Å². The summed E-state index contributed by atoms with van der Waals surface area (Å²) < 4.78 is 32.5. The van der Waals surface area contributed by atoms with Gasteiger partial charge in [0.2, 0.25) is 21.8 Å². The number of hydrogen-bond donors (Lipinski definition) is 2. The number of halogens is 1. The number of likely N-dealkylation sites (tertiary alicyclic amines) is 1. The summed E-state index contributed by atoms with van der Waals surface area (Å²) in [6.45, 7) is 5.04. The van der Waals surface area contributed by atoms with E-state index in [1.165, 1.54) is 10.6 Å². The summed E-state index contributed by atoms with van der Waals surface area (Å²) in [7, 11) is -3.43. The zero-order chi connectivity index (χ0) is 28.7. The van der Waals surface area contributed by atoms with Crippen molar-refractivity contribution in [3.05, 3.63) is 65.2 Å². The molecule has 0 aromatic heterocycles. The number of ether oxygens (including phenoxy) is 1. The SMILES string of the molecule is CC(C)(N)C(=O)N[C@H](CC1=Cc2ccccc2OCC1)C(=O)N1CCC2(CC1)CN(S(C)(=O)=O)c1ccccc12.Cl. The number of fused-ring (bicyclic) bond motifs is 3. The summed E-state index contributed by atoms with van der Waals surface area (Å²) in [5.74, 6) is 0.255. The standard InChI is InChI=1S/C30H38N4O5S.ClH/c1-29(2,31)28(36)32-24(19-21-12-17-39-26-11-7-4-8-22(26)18-21)27(35)33-15-13-30(14-16-33)20-34(40(3,37)38)25-10-6-5-9-23(25)30;/h4-11,18,24H,12-17,19-20,31H2,1-3H3,(H,32,36);1H/t24-;/m1./s1. The molecule has 3 aliphatic heterocycles. The van der Waals surface area contributed by atoms with E-state index in [-0.39, 0.29) is 23.7 Å². The number of hydrogen-bond acceptors (Lipinski definition) is 6. The van der Waals surface area contributed by atoms with E-state index < -0.39 is 27.5 Å². The van der Waals surface area contributed by atoms with Crippen LogP contribution in [0.25, 0.3) is 6.08 Å². The van der Waals surface area contributed by atoms with Crippen LogP contribution in [0.2, 0.25) is 0 Å². The molecule has 3 aliphatic rings. The lowest BCUT2D eigenvalue weighted by Crippen LogP contribution is -2.58. The highest BCUT2D eigenvalue weighted by Crippen LogP contribution is 2.47. The minimum atomic E-state index is -3.43. The lowest BCUT2D eigenvalue weighted by atomic mass is 9.74. The van der Waals surface area contributed by atoms with Gasteiger partial charge >= 0.3 is 0 Å². The van der Waals surface area contributed by atoms with E-state index in [0.717, 1.165) is 28.1 Å². The summed E-state index contributed by atoms with van der Waals surface area (Å²) in [6, 6.07) is 14.6. The maximum atomic E-state index is 13.9. The number of nitrogens with one attached hydrogen (secondary N) is 1. The number of amides is 2. The van der Waals surface area contributed by atoms with Crippen molar-refractivity contribution in [2.45, 2.75) is 56.5 Å². The molecule has 1 saturated heterocycles. The number of anilines is 1. The van der Waals surface area contributed by atoms with Gasteiger partial charge in [-0.25, -0.2) is 8.42 Å². The van der Waals surface area contributed by atoms with Gasteiger partial charge in [0.05, 0.1) is 24.1 Å². The van der Waals surface area contributed by atoms with Crippen LogP contribution in [0.1, 0.15) is 50.7 Å². The second kappa shape index (κ2) is 11.7. The topological polar surface area (TPSA) is 122 Å². The minimum Gasteiger partial charge on any atom is -0.493 e. The quantitative estimate of drug-likeness (QED) is 0.524. The smallest absolute Gasteiger partial charge is 0.245 e. The molecule has 1 spiro atoms. The summed E-state index contributed by atoms with van der Waals surface area (Å²) in [5.41, 5.74) is 8.29. The Hall–Kier alpha value is -3.08. The molecule has 0 unspecified atom stereocenters. The van der Waals surface area contributed by atoms with Gasteiger partial charge in [-0.3, -0.25) is 13.9 Å². The predicted molar refractivity (Wildman–Crippen MR) is 163 cm³/mol. The second-order valence-corrected chi connectivity index (χ2v) is 13.7. The number of nitrogens with zero attached hydrogens (tertiary/aromatic N) is 2. The predicted octanol–water partition coefficient (Wildman–Crippen LogP) is 3.23. The van der Waals surface area contributed by atoms with Crippen molar-refractivity contribution in [1.29, 1.82) is 0 Å². The molecule has 3 heterocycles. The molecule has 3 N–H and O–H groups in total. The molecule has 1 atom stereocenters. The summed E-state index contributed by atoms with van der Waals surface area (Å²) in [4.78, 5) is 28.7. The van der Waals surface area contributed by atoms with E-state index in [9.17, 15) is 18.0 Å². The molecule has 1 fully saturated rings. The Bertz CT molecular complexity index is 1440. The molecule has 2 amide bonds. The van der Waals surface area contributed by atoms with Crippen molar-refractivity contribution in [2.24, 2.45) is 5.73 Å². The Morgan fingerprint density at radius 2 is 1.76 bits per heavy atom. The fourth-order valence-electron chi connectivity index (χ4n) is 5.97. The van der Waals surface area contributed by atoms with Gasteiger partial charge in [0, 0.05) is 37.0 Å². The Morgan fingerprint density at radius 3 is 2.44 bits per heavy atom. The van der Waals surface area contributed by atoms with Crippen LogP contribution in [0.15, 0.2) is 54.1 Å². The molecule has 0 bridgehead atoms. The normalized spacial score (nSPS) is 18.7. The van der Waals surface area contributed by atoms with Gasteiger partial charge in [-0.15, -0.1) is 12.4 Å². The van der Waals surface area contributed by atoms with E-state index in [2.05, 4.69) is 5.32 Å². The minimum absolute atomic E-state index is 0. The highest BCUT2D eigenvalue weighted by Gasteiger charge is 2.48. The van der Waals surface area contributed by atoms with E-state index in [4.69, 9.17) is 10.5 Å². The second-order valence-electron chi connectivity index (χ2n) is 11.8. The van der Waals surface area contributed by atoms with Crippen molar-refractivity contribution in [1.82, 2.24) is 10.2 Å². The number of carbonyl (C=O) groups excluding carboxylic acids is 2. The van der Waals surface area contributed by atoms with Gasteiger partial charge in [-0.2, -0.15) is 0 Å². The van der Waals surface area contributed by atoms with Crippen LogP contribution in [0.3, 0.4) is 0 Å². The molecule has 11 heteroatoms. The zero-order valence-corrected chi connectivity index (χ0v) is 25.4. The molecule has 0 radical (unpaired) electrons. The fraction of sp³-hybridized carbons (Fsp3) is 0.467. The van der Waals surface area contributed by atoms with Crippen LogP contribution in [0, 0.1) is 0 Å². The maximum absolute atomic E-state index is 13.9. The summed E-state index contributed by atoms with van der Waals surface area (Å²) in [6.07, 6.45) is 5.54. The van der Waals surface area contributed by atoms with Crippen LogP contribution < -0.4 is 20.1 Å². The van der Waals surface area contributed by atoms with Gasteiger partial charge in [0.1, 0.15) is 11.8 Å². The van der Waals surface area contributed by atoms with Gasteiger partial charge < -0.3 is 20.7 Å². The number of piperidine rings is 1. The molecule has 2 aromatic carbocycles. The van der Waals surface area contributed by atoms with Crippen LogP contribution in [-0.4, -0.2) is 69.2 Å². The zero-order valence-electron chi connectivity index (χ0n) is 23.8. The van der Waals surface area contributed by atoms with E-state index in [1.807, 2.05) is 54.6 Å². The van der Waals surface area contributed by atoms with Crippen molar-refractivity contribution < 1.29 is 22.7 Å². The number of benzene rings is 2. The number of sulfonamides is 1. The fourth-order valence-corrected chi connectivity index (χ4v) is 6.96. The number of carbonyl (C=O) groups is 2. The third-order valence-corrected chi connectivity index (χ3v) is 9.36. The van der Waals surface area contributed by atoms with Crippen LogP contribution >= 0.6 is 12.4 Å². The first-order valence-corrected chi connectivity index (χ1v) is 15.6. The highest BCUT2D eigenvalue weighted by atomic mass is 35.5. The van der Waals surface area contributed by atoms with Crippen LogP contribution in [0.5, 0.6) is 5.75 Å². The lowest BCUT2D eigenvalue weighted by molar-refractivity contribution is -0.138. The first-order chi connectivity index (χ1) is 18.9. The first kappa shape index (κ1) is 30.9. The summed E-state index contributed by atoms with van der Waals surface area (Å²) in [5, 5.41) is 2.93. The van der Waals surface area contributed by atoms with Gasteiger partial charge in [0.15, 0.2) is 0 Å². The van der Waals surface area contributed by atoms with Crippen molar-refractivity contribution in [3.63, 3.8) is 0 Å². The third kappa shape index (κ3) is 6.39. The van der Waals surface area contributed by atoms with Gasteiger partial charge in [-0.1, -0.05) is 48.0 Å². The monoisotopic (exact) mass is 602 g/mol. The highest BCUT2D eigenvalue weighted by molar-refractivity contribution is 7.92. The Labute approximate surface area is 248 Å². The Balaban J connectivity index is 0.00000387. The molecular formula is C30H39ClN4O5S. The van der Waals surface area contributed by atoms with Crippen molar-refractivity contribution >= 4 is 46.0 Å². The van der Waals surface area contributed by atoms with Crippen molar-refractivity contribution in [2.75, 3.05) is 36.8 Å². The van der Waals surface area contributed by atoms with Gasteiger partial charge in [0.25, 0.3) is 0 Å². The Kier molecular flexibility index (Phi) is 8.78. The van der Waals surface area contributed by atoms with E-state index in [1.54, 1.807) is 18.7 Å². The van der Waals surface area contributed by atoms with Gasteiger partial charge in [-0.05, 0) is 50.8 Å². The average Bonchev–Trinajstić information content (AvgIpc) is 3.08. The average molecular weight is 603 g/mol. The molecule has 222 valence electrons. The number of nitrogens with two attached hydrogens (primary N) is 1.